The molecule has 11 heteroatoms. The minimum Gasteiger partial charge on any atom is -0.489 e. The second-order valence-corrected chi connectivity index (χ2v) is 17.9. The van der Waals surface area contributed by atoms with Crippen LogP contribution in [-0.4, -0.2) is 66.0 Å². The number of ether oxygens (including phenoxy) is 2. The quantitative estimate of drug-likeness (QED) is 0.190. The van der Waals surface area contributed by atoms with Gasteiger partial charge in [-0.05, 0) is 132 Å². The van der Waals surface area contributed by atoms with Crippen LogP contribution in [-0.2, 0) is 14.6 Å². The summed E-state index contributed by atoms with van der Waals surface area (Å²) in [5.74, 6) is 2.87. The number of benzene rings is 2. The summed E-state index contributed by atoms with van der Waals surface area (Å²) in [4.78, 5) is 12.3. The number of rotatable bonds is 12. The number of sulfone groups is 1. The number of para-hydroxylation sites is 1. The molecule has 2 saturated carbocycles. The summed E-state index contributed by atoms with van der Waals surface area (Å²) in [6, 6.07) is 12.8. The monoisotopic (exact) mass is 719 g/mol. The first-order valence-electron chi connectivity index (χ1n) is 18.3. The number of hydrogen-bond donors (Lipinski definition) is 2. The van der Waals surface area contributed by atoms with Crippen molar-refractivity contribution in [1.29, 1.82) is 0 Å². The molecule has 9 nitrogen and oxygen atoms in total. The van der Waals surface area contributed by atoms with Crippen LogP contribution in [0.25, 0.3) is 5.57 Å². The molecule has 4 aliphatic rings. The smallest absolute Gasteiger partial charge is 0.229 e. The van der Waals surface area contributed by atoms with E-state index in [9.17, 15) is 8.42 Å². The van der Waals surface area contributed by atoms with Gasteiger partial charge in [0.05, 0.1) is 33.8 Å². The van der Waals surface area contributed by atoms with E-state index < -0.39 is 15.1 Å². The van der Waals surface area contributed by atoms with E-state index in [2.05, 4.69) is 50.6 Å². The predicted molar refractivity (Wildman–Crippen MR) is 201 cm³/mol. The van der Waals surface area contributed by atoms with Gasteiger partial charge in [0.2, 0.25) is 5.95 Å². The Morgan fingerprint density at radius 1 is 0.960 bits per heavy atom. The molecule has 2 N–H and O–H groups in total. The fraction of sp³-hybridized carbons (Fsp3) is 0.538. The number of halogens is 1. The highest BCUT2D eigenvalue weighted by molar-refractivity contribution is 7.92. The lowest BCUT2D eigenvalue weighted by atomic mass is 9.83. The Morgan fingerprint density at radius 2 is 1.68 bits per heavy atom. The van der Waals surface area contributed by atoms with Crippen LogP contribution >= 0.6 is 11.6 Å². The number of aromatic nitrogens is 2. The number of nitrogens with one attached hydrogen (secondary N) is 2. The molecule has 0 amide bonds. The van der Waals surface area contributed by atoms with Crippen molar-refractivity contribution in [2.24, 2.45) is 11.8 Å². The summed E-state index contributed by atoms with van der Waals surface area (Å²) in [7, 11) is -3.55. The Balaban J connectivity index is 1.20. The van der Waals surface area contributed by atoms with Crippen molar-refractivity contribution in [3.8, 4) is 5.75 Å². The fourth-order valence-corrected chi connectivity index (χ4v) is 8.98. The summed E-state index contributed by atoms with van der Waals surface area (Å²) in [6.45, 7) is 11.3. The van der Waals surface area contributed by atoms with Crippen molar-refractivity contribution in [3.05, 3.63) is 64.8 Å². The van der Waals surface area contributed by atoms with Crippen molar-refractivity contribution in [2.45, 2.75) is 114 Å². The lowest BCUT2D eigenvalue weighted by Crippen LogP contribution is -2.54. The third-order valence-corrected chi connectivity index (χ3v) is 13.0. The van der Waals surface area contributed by atoms with E-state index >= 15 is 0 Å². The first kappa shape index (κ1) is 35.2. The average molecular weight is 720 g/mol. The molecule has 3 fully saturated rings. The number of nitrogens with zero attached hydrogens (tertiary/aromatic N) is 3. The maximum Gasteiger partial charge on any atom is 0.229 e. The van der Waals surface area contributed by atoms with Crippen molar-refractivity contribution in [2.75, 3.05) is 23.8 Å². The van der Waals surface area contributed by atoms with Gasteiger partial charge in [-0.3, -0.25) is 4.90 Å². The minimum atomic E-state index is -3.55. The lowest BCUT2D eigenvalue weighted by Gasteiger charge is -2.48. The first-order chi connectivity index (χ1) is 24.0. The molecule has 2 atom stereocenters. The Morgan fingerprint density at radius 3 is 2.36 bits per heavy atom. The Bertz CT molecular complexity index is 1850. The second-order valence-electron chi connectivity index (χ2n) is 15.0. The van der Waals surface area contributed by atoms with Gasteiger partial charge in [0.25, 0.3) is 0 Å². The maximum absolute atomic E-state index is 13.1. The molecule has 3 aromatic rings. The third kappa shape index (κ3) is 7.54. The van der Waals surface area contributed by atoms with Gasteiger partial charge in [0.1, 0.15) is 10.8 Å². The Kier molecular flexibility index (Phi) is 10.2. The summed E-state index contributed by atoms with van der Waals surface area (Å²) in [5.41, 5.74) is 5.01. The van der Waals surface area contributed by atoms with E-state index in [0.717, 1.165) is 55.7 Å². The average Bonchev–Trinajstić information content (AvgIpc) is 4.01. The normalized spacial score (nSPS) is 22.1. The Hall–Kier alpha value is -3.18. The summed E-state index contributed by atoms with van der Waals surface area (Å²) in [5, 5.41) is 6.23. The molecule has 0 bridgehead atoms. The van der Waals surface area contributed by atoms with Gasteiger partial charge in [-0.2, -0.15) is 4.98 Å². The molecule has 1 saturated heterocycles. The zero-order chi connectivity index (χ0) is 35.2. The van der Waals surface area contributed by atoms with Gasteiger partial charge in [-0.1, -0.05) is 29.8 Å². The molecule has 0 unspecified atom stereocenters. The van der Waals surface area contributed by atoms with Gasteiger partial charge < -0.3 is 20.1 Å². The van der Waals surface area contributed by atoms with Crippen molar-refractivity contribution in [3.63, 3.8) is 0 Å². The highest BCUT2D eigenvalue weighted by Crippen LogP contribution is 2.50. The first-order valence-corrected chi connectivity index (χ1v) is 20.2. The van der Waals surface area contributed by atoms with Crippen molar-refractivity contribution >= 4 is 50.2 Å². The highest BCUT2D eigenvalue weighted by atomic mass is 35.5. The summed E-state index contributed by atoms with van der Waals surface area (Å²) >= 11 is 6.54. The van der Waals surface area contributed by atoms with Gasteiger partial charge in [-0.15, -0.1) is 0 Å². The molecule has 3 heterocycles. The molecule has 2 aliphatic carbocycles. The maximum atomic E-state index is 13.1. The van der Waals surface area contributed by atoms with Gasteiger partial charge in [0, 0.05) is 31.3 Å². The molecule has 1 aromatic heterocycles. The van der Waals surface area contributed by atoms with Crippen LogP contribution in [0.2, 0.25) is 5.02 Å². The summed E-state index contributed by atoms with van der Waals surface area (Å²) < 4.78 is 38.4. The zero-order valence-corrected chi connectivity index (χ0v) is 31.4. The van der Waals surface area contributed by atoms with Crippen LogP contribution in [0, 0.1) is 18.8 Å². The van der Waals surface area contributed by atoms with Crippen molar-refractivity contribution < 1.29 is 17.9 Å². The highest BCUT2D eigenvalue weighted by Gasteiger charge is 2.47. The van der Waals surface area contributed by atoms with Gasteiger partial charge in [-0.25, -0.2) is 13.4 Å². The number of hydrogen-bond acceptors (Lipinski definition) is 9. The predicted octanol–water partition coefficient (Wildman–Crippen LogP) is 8.72. The third-order valence-electron chi connectivity index (χ3n) is 10.5. The van der Waals surface area contributed by atoms with Crippen LogP contribution in [0.4, 0.5) is 23.1 Å². The largest absolute Gasteiger partial charge is 0.489 e. The number of anilines is 4. The standard InChI is InChI=1S/C39H50ClN5O4S/c1-23(2)49-36-21-30(28-19-34(26-10-11-26)45(29-14-16-48-17-15-29)35(20-28)27-12-13-27)25(5)18-33(36)43-39-41-22-31(40)38(44-39)42-32-8-6-7-9-37(32)50(46,47)24(3)4/h6-9,18-19,21-24,26-27,29,34-35H,10-17,20H2,1-5H3,(H2,41,42,43,44)/t34-,35-/m0/s1. The molecule has 0 radical (unpaired) electrons. The zero-order valence-electron chi connectivity index (χ0n) is 29.8. The topological polar surface area (TPSA) is 106 Å². The SMILES string of the molecule is Cc1cc(Nc2ncc(Cl)c(Nc3ccccc3S(=O)(=O)C(C)C)n2)c(OC(C)C)cc1C1=C[C@@H](C2CC2)N(C2CCOCC2)[C@H](C2CC2)C1. The van der Waals surface area contributed by atoms with Gasteiger partial charge >= 0.3 is 0 Å². The van der Waals surface area contributed by atoms with E-state index in [4.69, 9.17) is 21.1 Å². The molecule has 7 rings (SSSR count). The van der Waals surface area contributed by atoms with Crippen LogP contribution in [0.5, 0.6) is 5.75 Å². The molecule has 0 spiro atoms. The van der Waals surface area contributed by atoms with E-state index in [1.54, 1.807) is 38.1 Å². The van der Waals surface area contributed by atoms with E-state index in [0.29, 0.717) is 35.6 Å². The molecule has 2 aromatic carbocycles. The summed E-state index contributed by atoms with van der Waals surface area (Å²) in [6.07, 6.45) is 12.7. The minimum absolute atomic E-state index is 0.0448. The van der Waals surface area contributed by atoms with Crippen LogP contribution in [0.15, 0.2) is 53.6 Å². The molecule has 2 aliphatic heterocycles. The van der Waals surface area contributed by atoms with Crippen LogP contribution < -0.4 is 15.4 Å². The van der Waals surface area contributed by atoms with Crippen LogP contribution in [0.3, 0.4) is 0 Å². The van der Waals surface area contributed by atoms with E-state index in [1.807, 2.05) is 13.8 Å². The second kappa shape index (κ2) is 14.4. The van der Waals surface area contributed by atoms with Crippen molar-refractivity contribution in [1.82, 2.24) is 14.9 Å². The Labute approximate surface area is 302 Å². The molecular weight excluding hydrogens is 670 g/mol. The van der Waals surface area contributed by atoms with Gasteiger partial charge in [0.15, 0.2) is 15.7 Å². The fourth-order valence-electron chi connectivity index (χ4n) is 7.64. The van der Waals surface area contributed by atoms with E-state index in [-0.39, 0.29) is 16.0 Å². The lowest BCUT2D eigenvalue weighted by molar-refractivity contribution is -0.00698. The van der Waals surface area contributed by atoms with E-state index in [1.165, 1.54) is 48.6 Å². The molecular formula is C39H50ClN5O4S. The van der Waals surface area contributed by atoms with Crippen LogP contribution in [0.1, 0.15) is 83.8 Å². The molecule has 50 heavy (non-hydrogen) atoms. The molecule has 268 valence electrons. The number of aryl methyl sites for hydroxylation is 1.